The van der Waals surface area contributed by atoms with Gasteiger partial charge in [0.2, 0.25) is 11.9 Å². The zero-order valence-corrected chi connectivity index (χ0v) is 24.4. The second-order valence-electron chi connectivity index (χ2n) is 10.8. The normalized spacial score (nSPS) is 17.9. The van der Waals surface area contributed by atoms with Crippen LogP contribution in [0.5, 0.6) is 0 Å². The molecular formula is C28H32F3N5O5S. The van der Waals surface area contributed by atoms with Crippen molar-refractivity contribution in [1.82, 2.24) is 20.3 Å². The monoisotopic (exact) mass is 607 g/mol. The van der Waals surface area contributed by atoms with E-state index in [0.717, 1.165) is 17.2 Å². The Labute approximate surface area is 244 Å². The average molecular weight is 608 g/mol. The number of hydrogen-bond acceptors (Lipinski definition) is 9. The highest BCUT2D eigenvalue weighted by molar-refractivity contribution is 7.15. The molecule has 1 aliphatic rings. The first kappa shape index (κ1) is 31.3. The molecule has 10 nitrogen and oxygen atoms in total. The number of anilines is 2. The summed E-state index contributed by atoms with van der Waals surface area (Å²) in [5, 5.41) is 12.9. The first-order valence-corrected chi connectivity index (χ1v) is 14.1. The van der Waals surface area contributed by atoms with E-state index >= 15 is 0 Å². The van der Waals surface area contributed by atoms with Crippen molar-refractivity contribution >= 4 is 35.0 Å². The van der Waals surface area contributed by atoms with Crippen molar-refractivity contribution in [3.63, 3.8) is 0 Å². The van der Waals surface area contributed by atoms with Crippen molar-refractivity contribution in [2.45, 2.75) is 64.3 Å². The number of nitrogens with one attached hydrogen (secondary N) is 1. The summed E-state index contributed by atoms with van der Waals surface area (Å²) in [7, 11) is 0. The molecule has 1 atom stereocenters. The van der Waals surface area contributed by atoms with Gasteiger partial charge in [-0.05, 0) is 63.4 Å². The molecule has 2 N–H and O–H groups in total. The number of amides is 2. The molecule has 0 spiro atoms. The van der Waals surface area contributed by atoms with Crippen LogP contribution >= 0.6 is 11.3 Å². The molecule has 1 aromatic carbocycles. The van der Waals surface area contributed by atoms with Crippen molar-refractivity contribution < 1.29 is 37.3 Å². The number of hydrogen-bond donors (Lipinski definition) is 2. The predicted molar refractivity (Wildman–Crippen MR) is 149 cm³/mol. The molecule has 1 saturated heterocycles. The summed E-state index contributed by atoms with van der Waals surface area (Å²) >= 11 is 1.33. The number of nitrogens with zero attached hydrogens (tertiary/aromatic N) is 4. The molecule has 4 rings (SSSR count). The van der Waals surface area contributed by atoms with Gasteiger partial charge in [-0.15, -0.1) is 11.3 Å². The Morgan fingerprint density at radius 2 is 1.95 bits per heavy atom. The van der Waals surface area contributed by atoms with Gasteiger partial charge in [-0.25, -0.2) is 24.6 Å². The third-order valence-electron chi connectivity index (χ3n) is 6.29. The van der Waals surface area contributed by atoms with E-state index in [1.807, 2.05) is 6.07 Å². The molecule has 42 heavy (non-hydrogen) atoms. The van der Waals surface area contributed by atoms with Crippen LogP contribution in [0, 0.1) is 6.92 Å². The van der Waals surface area contributed by atoms with Crippen LogP contribution in [0.2, 0.25) is 0 Å². The van der Waals surface area contributed by atoms with E-state index in [2.05, 4.69) is 20.3 Å². The highest BCUT2D eigenvalue weighted by Crippen LogP contribution is 2.41. The SMILES string of the molecule is Cc1cc(-c2cnc(C3(OCCO)CCNC(=O)CC3)s2)cc(N(C(=O)OC(C)(C)C)c2nccc(C(F)(F)F)n2)c1. The number of aliphatic hydroxyl groups is 1. The summed E-state index contributed by atoms with van der Waals surface area (Å²) in [5.41, 5.74) is -1.50. The fourth-order valence-corrected chi connectivity index (χ4v) is 5.57. The molecule has 1 aliphatic heterocycles. The molecule has 0 aliphatic carbocycles. The van der Waals surface area contributed by atoms with Gasteiger partial charge in [0.1, 0.15) is 21.9 Å². The lowest BCUT2D eigenvalue weighted by atomic mass is 9.95. The first-order valence-electron chi connectivity index (χ1n) is 13.2. The molecule has 14 heteroatoms. The molecule has 0 bridgehead atoms. The van der Waals surface area contributed by atoms with Crippen LogP contribution in [-0.2, 0) is 26.0 Å². The average Bonchev–Trinajstić information content (AvgIpc) is 3.32. The number of halogens is 3. The molecule has 1 fully saturated rings. The molecule has 2 amide bonds. The number of aliphatic hydroxyl groups excluding tert-OH is 1. The number of rotatable bonds is 7. The van der Waals surface area contributed by atoms with E-state index in [-0.39, 0.29) is 31.2 Å². The van der Waals surface area contributed by atoms with Gasteiger partial charge in [0.15, 0.2) is 0 Å². The van der Waals surface area contributed by atoms with Crippen LogP contribution in [0.1, 0.15) is 56.3 Å². The summed E-state index contributed by atoms with van der Waals surface area (Å²) < 4.78 is 52.1. The molecule has 3 heterocycles. The first-order chi connectivity index (χ1) is 19.7. The van der Waals surface area contributed by atoms with Crippen molar-refractivity contribution in [1.29, 1.82) is 0 Å². The minimum Gasteiger partial charge on any atom is -0.443 e. The number of carbonyl (C=O) groups is 2. The van der Waals surface area contributed by atoms with Crippen molar-refractivity contribution in [3.8, 4) is 10.4 Å². The second-order valence-corrected chi connectivity index (χ2v) is 11.8. The van der Waals surface area contributed by atoms with Crippen LogP contribution in [0.15, 0.2) is 36.7 Å². The maximum Gasteiger partial charge on any atom is 0.433 e. The van der Waals surface area contributed by atoms with Crippen LogP contribution in [0.25, 0.3) is 10.4 Å². The van der Waals surface area contributed by atoms with Crippen LogP contribution in [0.3, 0.4) is 0 Å². The molecular weight excluding hydrogens is 575 g/mol. The Morgan fingerprint density at radius 1 is 1.19 bits per heavy atom. The number of thiazole rings is 1. The van der Waals surface area contributed by atoms with E-state index < -0.39 is 35.1 Å². The van der Waals surface area contributed by atoms with Crippen molar-refractivity contribution in [2.75, 3.05) is 24.7 Å². The highest BCUT2D eigenvalue weighted by Gasteiger charge is 2.39. The van der Waals surface area contributed by atoms with Crippen LogP contribution in [-0.4, -0.2) is 57.4 Å². The number of aryl methyl sites for hydroxylation is 1. The molecule has 1 unspecified atom stereocenters. The summed E-state index contributed by atoms with van der Waals surface area (Å²) in [5.74, 6) is -0.587. The van der Waals surface area contributed by atoms with Crippen molar-refractivity contribution in [3.05, 3.63) is 52.9 Å². The fraction of sp³-hybridized carbons (Fsp3) is 0.464. The van der Waals surface area contributed by atoms with Gasteiger partial charge in [-0.2, -0.15) is 13.2 Å². The lowest BCUT2D eigenvalue weighted by Crippen LogP contribution is -2.35. The lowest BCUT2D eigenvalue weighted by Gasteiger charge is -2.30. The Kier molecular flexibility index (Phi) is 9.18. The third kappa shape index (κ3) is 7.41. The van der Waals surface area contributed by atoms with Crippen LogP contribution < -0.4 is 10.2 Å². The number of benzene rings is 1. The van der Waals surface area contributed by atoms with E-state index in [1.54, 1.807) is 46.0 Å². The van der Waals surface area contributed by atoms with Gasteiger partial charge in [-0.1, -0.05) is 6.07 Å². The van der Waals surface area contributed by atoms with Crippen LogP contribution in [0.4, 0.5) is 29.6 Å². The Balaban J connectivity index is 1.78. The summed E-state index contributed by atoms with van der Waals surface area (Å²) in [6, 6.07) is 5.81. The van der Waals surface area contributed by atoms with Gasteiger partial charge in [0.05, 0.1) is 23.8 Å². The van der Waals surface area contributed by atoms with Gasteiger partial charge in [0.25, 0.3) is 0 Å². The molecule has 3 aromatic rings. The molecule has 0 radical (unpaired) electrons. The van der Waals surface area contributed by atoms with Crippen molar-refractivity contribution in [2.24, 2.45) is 0 Å². The summed E-state index contributed by atoms with van der Waals surface area (Å²) in [6.45, 7) is 6.96. The topological polar surface area (TPSA) is 127 Å². The number of ether oxygens (including phenoxy) is 2. The minimum absolute atomic E-state index is 0.0690. The number of aromatic nitrogens is 3. The summed E-state index contributed by atoms with van der Waals surface area (Å²) in [4.78, 5) is 39.2. The predicted octanol–water partition coefficient (Wildman–Crippen LogP) is 5.50. The van der Waals surface area contributed by atoms with E-state index in [0.29, 0.717) is 40.4 Å². The number of carbonyl (C=O) groups excluding carboxylic acids is 2. The van der Waals surface area contributed by atoms with Gasteiger partial charge < -0.3 is 19.9 Å². The fourth-order valence-electron chi connectivity index (χ4n) is 4.47. The Morgan fingerprint density at radius 3 is 2.64 bits per heavy atom. The summed E-state index contributed by atoms with van der Waals surface area (Å²) in [6.07, 6.45) is -2.05. The quantitative estimate of drug-likeness (QED) is 0.360. The maximum atomic E-state index is 13.5. The van der Waals surface area contributed by atoms with Gasteiger partial charge >= 0.3 is 12.3 Å². The van der Waals surface area contributed by atoms with E-state index in [1.165, 1.54) is 11.3 Å². The van der Waals surface area contributed by atoms with Gasteiger partial charge in [-0.3, -0.25) is 4.79 Å². The smallest absolute Gasteiger partial charge is 0.433 e. The van der Waals surface area contributed by atoms with Gasteiger partial charge in [0, 0.05) is 31.8 Å². The largest absolute Gasteiger partial charge is 0.443 e. The zero-order chi connectivity index (χ0) is 30.7. The van der Waals surface area contributed by atoms with E-state index in [9.17, 15) is 27.9 Å². The standard InChI is InChI=1S/C28H32F3N5O5S/c1-17-13-18(20-16-34-23(42-20)27(40-12-11-37)7-5-22(38)32-10-8-27)15-19(14-17)36(25(39)41-26(2,3)4)24-33-9-6-21(35-24)28(29,30)31/h6,9,13-16,37H,5,7-8,10-12H2,1-4H3,(H,32,38). The molecule has 226 valence electrons. The Hall–Kier alpha value is -3.62. The highest BCUT2D eigenvalue weighted by atomic mass is 32.1. The Bertz CT molecular complexity index is 1440. The molecule has 0 saturated carbocycles. The second kappa shape index (κ2) is 12.3. The maximum absolute atomic E-state index is 13.5. The third-order valence-corrected chi connectivity index (χ3v) is 7.52. The molecule has 2 aromatic heterocycles. The lowest BCUT2D eigenvalue weighted by molar-refractivity contribution is -0.141. The zero-order valence-electron chi connectivity index (χ0n) is 23.6. The minimum atomic E-state index is -4.75. The number of alkyl halides is 3. The van der Waals surface area contributed by atoms with E-state index in [4.69, 9.17) is 9.47 Å².